The first kappa shape index (κ1) is 14.5. The minimum absolute atomic E-state index is 0.215. The van der Waals surface area contributed by atoms with Crippen molar-refractivity contribution in [1.29, 1.82) is 0 Å². The van der Waals surface area contributed by atoms with E-state index in [9.17, 15) is 4.79 Å². The van der Waals surface area contributed by atoms with Crippen LogP contribution < -0.4 is 5.84 Å². The zero-order valence-electron chi connectivity index (χ0n) is 10.3. The van der Waals surface area contributed by atoms with Gasteiger partial charge in [-0.1, -0.05) is 11.6 Å². The van der Waals surface area contributed by atoms with Gasteiger partial charge in [-0.15, -0.1) is 0 Å². The average molecular weight is 320 g/mol. The molecule has 1 amide bonds. The maximum Gasteiger partial charge on any atom is 0.268 e. The van der Waals surface area contributed by atoms with Gasteiger partial charge in [-0.05, 0) is 61.3 Å². The summed E-state index contributed by atoms with van der Waals surface area (Å²) in [6.07, 6.45) is 0. The Labute approximate surface area is 115 Å². The molecule has 0 radical (unpaired) electrons. The molecular formula is C12H16BrClN2O. The van der Waals surface area contributed by atoms with Crippen molar-refractivity contribution >= 4 is 33.4 Å². The van der Waals surface area contributed by atoms with Crippen LogP contribution in [-0.4, -0.2) is 16.5 Å². The lowest BCUT2D eigenvalue weighted by Crippen LogP contribution is -2.50. The molecule has 0 saturated carbocycles. The van der Waals surface area contributed by atoms with Crippen LogP contribution in [-0.2, 0) is 0 Å². The maximum atomic E-state index is 12.2. The fourth-order valence-electron chi connectivity index (χ4n) is 1.32. The number of nitrogens with zero attached hydrogens (tertiary/aromatic N) is 1. The van der Waals surface area contributed by atoms with Gasteiger partial charge in [0, 0.05) is 10.0 Å². The van der Waals surface area contributed by atoms with Crippen LogP contribution in [0.15, 0.2) is 16.6 Å². The van der Waals surface area contributed by atoms with E-state index >= 15 is 0 Å². The molecule has 3 nitrogen and oxygen atoms in total. The fourth-order valence-corrected chi connectivity index (χ4v) is 1.87. The van der Waals surface area contributed by atoms with E-state index < -0.39 is 5.54 Å². The first-order valence-corrected chi connectivity index (χ1v) is 6.37. The monoisotopic (exact) mass is 318 g/mol. The second-order valence-corrected chi connectivity index (χ2v) is 6.08. The number of hydrazine groups is 1. The van der Waals surface area contributed by atoms with Crippen LogP contribution in [0, 0.1) is 6.92 Å². The number of hydrogen-bond acceptors (Lipinski definition) is 2. The van der Waals surface area contributed by atoms with Crippen molar-refractivity contribution in [1.82, 2.24) is 5.01 Å². The smallest absolute Gasteiger partial charge is 0.268 e. The molecule has 0 unspecified atom stereocenters. The average Bonchev–Trinajstić information content (AvgIpc) is 2.23. The van der Waals surface area contributed by atoms with Crippen molar-refractivity contribution in [3.8, 4) is 0 Å². The van der Waals surface area contributed by atoms with Gasteiger partial charge in [0.1, 0.15) is 0 Å². The molecule has 0 spiro atoms. The van der Waals surface area contributed by atoms with Gasteiger partial charge >= 0.3 is 0 Å². The van der Waals surface area contributed by atoms with Crippen LogP contribution in [0.1, 0.15) is 36.7 Å². The lowest BCUT2D eigenvalue weighted by atomic mass is 10.0. The third kappa shape index (κ3) is 3.00. The van der Waals surface area contributed by atoms with Crippen molar-refractivity contribution in [2.75, 3.05) is 0 Å². The van der Waals surface area contributed by atoms with Crippen molar-refractivity contribution in [2.24, 2.45) is 5.84 Å². The Balaban J connectivity index is 3.19. The van der Waals surface area contributed by atoms with Gasteiger partial charge in [0.25, 0.3) is 5.91 Å². The van der Waals surface area contributed by atoms with E-state index in [0.717, 1.165) is 10.0 Å². The zero-order valence-corrected chi connectivity index (χ0v) is 12.7. The highest BCUT2D eigenvalue weighted by Gasteiger charge is 2.26. The minimum Gasteiger partial charge on any atom is -0.271 e. The van der Waals surface area contributed by atoms with Gasteiger partial charge in [0.2, 0.25) is 0 Å². The number of rotatable bonds is 1. The van der Waals surface area contributed by atoms with Crippen LogP contribution in [0.5, 0.6) is 0 Å². The van der Waals surface area contributed by atoms with Crippen LogP contribution in [0.3, 0.4) is 0 Å². The number of halogens is 2. The minimum atomic E-state index is -0.421. The van der Waals surface area contributed by atoms with Crippen molar-refractivity contribution < 1.29 is 4.79 Å². The van der Waals surface area contributed by atoms with Crippen LogP contribution >= 0.6 is 27.5 Å². The van der Waals surface area contributed by atoms with Gasteiger partial charge in [0.15, 0.2) is 0 Å². The SMILES string of the molecule is Cc1c(C(=O)N(N)C(C)(C)C)ccc(Cl)c1Br. The summed E-state index contributed by atoms with van der Waals surface area (Å²) in [7, 11) is 0. The summed E-state index contributed by atoms with van der Waals surface area (Å²) in [6.45, 7) is 7.47. The van der Waals surface area contributed by atoms with E-state index in [1.54, 1.807) is 12.1 Å². The highest BCUT2D eigenvalue weighted by Crippen LogP contribution is 2.29. The normalized spacial score (nSPS) is 11.5. The molecule has 0 bridgehead atoms. The van der Waals surface area contributed by atoms with E-state index in [-0.39, 0.29) is 5.91 Å². The molecule has 0 fully saturated rings. The highest BCUT2D eigenvalue weighted by molar-refractivity contribution is 9.10. The summed E-state index contributed by atoms with van der Waals surface area (Å²) in [5, 5.41) is 1.81. The third-order valence-electron chi connectivity index (χ3n) is 2.51. The maximum absolute atomic E-state index is 12.2. The molecule has 0 saturated heterocycles. The molecule has 0 heterocycles. The molecule has 17 heavy (non-hydrogen) atoms. The largest absolute Gasteiger partial charge is 0.271 e. The Morgan fingerprint density at radius 2 is 1.94 bits per heavy atom. The standard InChI is InChI=1S/C12H16BrClN2O/c1-7-8(5-6-9(14)10(7)13)11(17)16(15)12(2,3)4/h5-6H,15H2,1-4H3. The predicted octanol–water partition coefficient (Wildman–Crippen LogP) is 3.53. The number of benzene rings is 1. The molecule has 0 atom stereocenters. The third-order valence-corrected chi connectivity index (χ3v) is 4.08. The first-order chi connectivity index (χ1) is 7.66. The molecule has 1 aromatic carbocycles. The number of carbonyl (C=O) groups excluding carboxylic acids is 1. The topological polar surface area (TPSA) is 46.3 Å². The molecule has 94 valence electrons. The molecular weight excluding hydrogens is 304 g/mol. The molecule has 5 heteroatoms. The lowest BCUT2D eigenvalue weighted by molar-refractivity contribution is 0.0581. The van der Waals surface area contributed by atoms with Crippen LogP contribution in [0.2, 0.25) is 5.02 Å². The van der Waals surface area contributed by atoms with Gasteiger partial charge in [0.05, 0.1) is 10.6 Å². The molecule has 0 aliphatic heterocycles. The van der Waals surface area contributed by atoms with E-state index in [1.165, 1.54) is 5.01 Å². The predicted molar refractivity (Wildman–Crippen MR) is 74.0 cm³/mol. The quantitative estimate of drug-likeness (QED) is 0.489. The summed E-state index contributed by atoms with van der Waals surface area (Å²) >= 11 is 9.31. The molecule has 0 aromatic heterocycles. The summed E-state index contributed by atoms with van der Waals surface area (Å²) in [5.41, 5.74) is 0.927. The number of amides is 1. The summed E-state index contributed by atoms with van der Waals surface area (Å²) in [5.74, 6) is 5.60. The Hall–Kier alpha value is -0.580. The van der Waals surface area contributed by atoms with Crippen molar-refractivity contribution in [2.45, 2.75) is 33.2 Å². The highest BCUT2D eigenvalue weighted by atomic mass is 79.9. The summed E-state index contributed by atoms with van der Waals surface area (Å²) in [6, 6.07) is 3.37. The van der Waals surface area contributed by atoms with Crippen LogP contribution in [0.4, 0.5) is 0 Å². The van der Waals surface area contributed by atoms with E-state index in [0.29, 0.717) is 10.6 Å². The molecule has 0 aliphatic rings. The summed E-state index contributed by atoms with van der Waals surface area (Å²) < 4.78 is 0.729. The van der Waals surface area contributed by atoms with E-state index in [1.807, 2.05) is 27.7 Å². The Morgan fingerprint density at radius 3 is 2.41 bits per heavy atom. The van der Waals surface area contributed by atoms with E-state index in [2.05, 4.69) is 15.9 Å². The van der Waals surface area contributed by atoms with Gasteiger partial charge < -0.3 is 0 Å². The first-order valence-electron chi connectivity index (χ1n) is 5.20. The second kappa shape index (κ2) is 4.96. The van der Waals surface area contributed by atoms with Crippen molar-refractivity contribution in [3.05, 3.63) is 32.8 Å². The van der Waals surface area contributed by atoms with E-state index in [4.69, 9.17) is 17.4 Å². The molecule has 1 rings (SSSR count). The number of carbonyl (C=O) groups is 1. The van der Waals surface area contributed by atoms with Crippen molar-refractivity contribution in [3.63, 3.8) is 0 Å². The Kier molecular flexibility index (Phi) is 4.23. The van der Waals surface area contributed by atoms with Gasteiger partial charge in [-0.25, -0.2) is 5.84 Å². The van der Waals surface area contributed by atoms with Gasteiger partial charge in [-0.2, -0.15) is 0 Å². The lowest BCUT2D eigenvalue weighted by Gasteiger charge is -2.31. The van der Waals surface area contributed by atoms with Gasteiger partial charge in [-0.3, -0.25) is 9.80 Å². The summed E-state index contributed by atoms with van der Waals surface area (Å²) in [4.78, 5) is 12.2. The molecule has 0 aliphatic carbocycles. The second-order valence-electron chi connectivity index (χ2n) is 4.88. The zero-order chi connectivity index (χ0) is 13.4. The van der Waals surface area contributed by atoms with Crippen LogP contribution in [0.25, 0.3) is 0 Å². The molecule has 1 aromatic rings. The molecule has 2 N–H and O–H groups in total. The number of hydrogen-bond donors (Lipinski definition) is 1. The fraction of sp³-hybridized carbons (Fsp3) is 0.417. The Bertz CT molecular complexity index is 455. The number of nitrogens with two attached hydrogens (primary N) is 1. The Morgan fingerprint density at radius 1 is 1.41 bits per heavy atom.